The van der Waals surface area contributed by atoms with Crippen molar-refractivity contribution < 1.29 is 24.0 Å². The number of rotatable bonds is 8. The highest BCUT2D eigenvalue weighted by Gasteiger charge is 2.13. The number of hydrogen-bond acceptors (Lipinski definition) is 4. The number of anilines is 1. The summed E-state index contributed by atoms with van der Waals surface area (Å²) < 4.78 is 10.4. The number of carbonyl (C=O) groups is 2. The number of nitrogens with one attached hydrogen (secondary N) is 2. The number of amides is 1. The minimum Gasteiger partial charge on any atom is -0.488 e. The van der Waals surface area contributed by atoms with Crippen LogP contribution in [-0.2, 0) is 9.53 Å². The number of ether oxygens (including phenoxy) is 2. The van der Waals surface area contributed by atoms with E-state index < -0.39 is 5.97 Å². The number of esters is 1. The van der Waals surface area contributed by atoms with Gasteiger partial charge in [0.15, 0.2) is 6.54 Å². The van der Waals surface area contributed by atoms with Gasteiger partial charge in [-0.1, -0.05) is 17.7 Å². The Hall–Kier alpha value is -2.57. The van der Waals surface area contributed by atoms with E-state index in [1.165, 1.54) is 7.11 Å². The number of aryl methyl sites for hydroxylation is 1. The Balaban J connectivity index is 1.82. The molecule has 0 aliphatic rings. The van der Waals surface area contributed by atoms with Gasteiger partial charge in [-0.3, -0.25) is 4.79 Å². The third-order valence-corrected chi connectivity index (χ3v) is 4.26. The fourth-order valence-corrected chi connectivity index (χ4v) is 2.56. The molecule has 1 unspecified atom stereocenters. The Labute approximate surface area is 164 Å². The Morgan fingerprint density at radius 1 is 1.15 bits per heavy atom. The van der Waals surface area contributed by atoms with Crippen LogP contribution < -0.4 is 15.0 Å². The van der Waals surface area contributed by atoms with Crippen LogP contribution >= 0.6 is 11.6 Å². The number of carbonyl (C=O) groups excluding carboxylic acids is 2. The van der Waals surface area contributed by atoms with Crippen LogP contribution in [0.5, 0.6) is 5.75 Å². The van der Waals surface area contributed by atoms with E-state index in [2.05, 4.69) is 5.32 Å². The van der Waals surface area contributed by atoms with Crippen LogP contribution in [0.3, 0.4) is 0 Å². The fraction of sp³-hybridized carbons (Fsp3) is 0.300. The van der Waals surface area contributed by atoms with E-state index in [9.17, 15) is 9.59 Å². The van der Waals surface area contributed by atoms with Gasteiger partial charge in [0.2, 0.25) is 0 Å². The van der Waals surface area contributed by atoms with Crippen LogP contribution in [0.1, 0.15) is 15.9 Å². The Kier molecular flexibility index (Phi) is 7.64. The highest BCUT2D eigenvalue weighted by molar-refractivity contribution is 6.30. The molecular formula is C20H24ClN2O4+. The number of hydrogen-bond donors (Lipinski definition) is 2. The van der Waals surface area contributed by atoms with Crippen LogP contribution in [0.4, 0.5) is 5.69 Å². The maximum Gasteiger partial charge on any atom is 0.337 e. The number of quaternary nitrogens is 1. The van der Waals surface area contributed by atoms with E-state index in [4.69, 9.17) is 21.1 Å². The van der Waals surface area contributed by atoms with Gasteiger partial charge in [-0.25, -0.2) is 4.79 Å². The molecule has 0 fully saturated rings. The molecule has 0 aromatic heterocycles. The number of benzene rings is 2. The lowest BCUT2D eigenvalue weighted by molar-refractivity contribution is -0.871. The van der Waals surface area contributed by atoms with Crippen molar-refractivity contribution in [2.24, 2.45) is 0 Å². The Morgan fingerprint density at radius 3 is 2.52 bits per heavy atom. The van der Waals surface area contributed by atoms with Crippen LogP contribution in [0, 0.1) is 6.92 Å². The molecule has 2 aromatic rings. The minimum absolute atomic E-state index is 0.135. The normalized spacial score (nSPS) is 11.6. The summed E-state index contributed by atoms with van der Waals surface area (Å²) >= 11 is 5.84. The van der Waals surface area contributed by atoms with Crippen LogP contribution in [-0.4, -0.2) is 45.7 Å². The largest absolute Gasteiger partial charge is 0.488 e. The van der Waals surface area contributed by atoms with E-state index in [-0.39, 0.29) is 12.5 Å². The zero-order valence-electron chi connectivity index (χ0n) is 15.7. The van der Waals surface area contributed by atoms with Gasteiger partial charge in [0, 0.05) is 10.7 Å². The topological polar surface area (TPSA) is 69.1 Å². The third kappa shape index (κ3) is 6.58. The van der Waals surface area contributed by atoms with E-state index >= 15 is 0 Å². The number of likely N-dealkylation sites (N-methyl/N-ethyl adjacent to an activating group) is 1. The van der Waals surface area contributed by atoms with Crippen molar-refractivity contribution in [2.75, 3.05) is 39.2 Å². The molecule has 0 spiro atoms. The molecular weight excluding hydrogens is 368 g/mol. The first kappa shape index (κ1) is 20.7. The quantitative estimate of drug-likeness (QED) is 0.675. The van der Waals surface area contributed by atoms with E-state index in [0.717, 1.165) is 16.2 Å². The molecule has 144 valence electrons. The first-order valence-electron chi connectivity index (χ1n) is 8.57. The molecule has 0 saturated heterocycles. The highest BCUT2D eigenvalue weighted by Crippen LogP contribution is 2.17. The molecule has 0 aliphatic heterocycles. The van der Waals surface area contributed by atoms with Gasteiger partial charge in [0.05, 0.1) is 19.7 Å². The molecule has 6 nitrogen and oxygen atoms in total. The lowest BCUT2D eigenvalue weighted by Crippen LogP contribution is -3.10. The third-order valence-electron chi connectivity index (χ3n) is 4.01. The van der Waals surface area contributed by atoms with Gasteiger partial charge in [-0.2, -0.15) is 0 Å². The average molecular weight is 392 g/mol. The monoisotopic (exact) mass is 391 g/mol. The van der Waals surface area contributed by atoms with Crippen LogP contribution in [0.15, 0.2) is 42.5 Å². The van der Waals surface area contributed by atoms with E-state index in [1.54, 1.807) is 42.5 Å². The molecule has 2 rings (SSSR count). The summed E-state index contributed by atoms with van der Waals surface area (Å²) in [7, 11) is 3.24. The predicted octanol–water partition coefficient (Wildman–Crippen LogP) is 1.97. The number of halogens is 1. The van der Waals surface area contributed by atoms with Crippen molar-refractivity contribution in [3.05, 3.63) is 58.6 Å². The fourth-order valence-electron chi connectivity index (χ4n) is 2.43. The van der Waals surface area contributed by atoms with Crippen molar-refractivity contribution >= 4 is 29.2 Å². The molecule has 27 heavy (non-hydrogen) atoms. The van der Waals surface area contributed by atoms with Crippen molar-refractivity contribution in [3.8, 4) is 5.75 Å². The summed E-state index contributed by atoms with van der Waals surface area (Å²) in [5.74, 6) is 0.170. The minimum atomic E-state index is -0.437. The molecule has 1 amide bonds. The van der Waals surface area contributed by atoms with Crippen molar-refractivity contribution in [3.63, 3.8) is 0 Å². The highest BCUT2D eigenvalue weighted by atomic mass is 35.5. The van der Waals surface area contributed by atoms with Gasteiger partial charge in [0.1, 0.15) is 18.9 Å². The van der Waals surface area contributed by atoms with Gasteiger partial charge >= 0.3 is 5.97 Å². The van der Waals surface area contributed by atoms with E-state index in [1.807, 2.05) is 14.0 Å². The smallest absolute Gasteiger partial charge is 0.337 e. The summed E-state index contributed by atoms with van der Waals surface area (Å²) in [6.07, 6.45) is 0. The van der Waals surface area contributed by atoms with Gasteiger partial charge in [0.25, 0.3) is 5.91 Å². The standard InChI is InChI=1S/C20H23ClN2O4/c1-14-4-5-15(20(25)26-3)12-18(14)22-19(24)13-23(2)10-11-27-17-8-6-16(21)7-9-17/h4-9,12H,10-11,13H2,1-3H3,(H,22,24)/p+1. The van der Waals surface area contributed by atoms with Gasteiger partial charge in [-0.15, -0.1) is 0 Å². The second-order valence-corrected chi connectivity index (χ2v) is 6.69. The molecule has 2 N–H and O–H groups in total. The maximum atomic E-state index is 12.3. The molecule has 0 saturated carbocycles. The SMILES string of the molecule is COC(=O)c1ccc(C)c(NC(=O)C[NH+](C)CCOc2ccc(Cl)cc2)c1. The zero-order valence-corrected chi connectivity index (χ0v) is 16.4. The second kappa shape index (κ2) is 9.94. The summed E-state index contributed by atoms with van der Waals surface area (Å²) in [6.45, 7) is 3.30. The summed E-state index contributed by atoms with van der Waals surface area (Å²) in [5, 5.41) is 3.51. The number of methoxy groups -OCH3 is 1. The zero-order chi connectivity index (χ0) is 19.8. The van der Waals surface area contributed by atoms with Gasteiger partial charge in [-0.05, 0) is 48.9 Å². The van der Waals surface area contributed by atoms with Crippen molar-refractivity contribution in [2.45, 2.75) is 6.92 Å². The van der Waals surface area contributed by atoms with Crippen LogP contribution in [0.25, 0.3) is 0 Å². The summed E-state index contributed by atoms with van der Waals surface area (Å²) in [6, 6.07) is 12.2. The van der Waals surface area contributed by atoms with E-state index in [0.29, 0.717) is 29.4 Å². The second-order valence-electron chi connectivity index (χ2n) is 6.26. The first-order chi connectivity index (χ1) is 12.9. The molecule has 0 heterocycles. The summed E-state index contributed by atoms with van der Waals surface area (Å²) in [4.78, 5) is 24.9. The summed E-state index contributed by atoms with van der Waals surface area (Å²) in [5.41, 5.74) is 1.88. The molecule has 1 atom stereocenters. The molecule has 2 aromatic carbocycles. The van der Waals surface area contributed by atoms with Crippen LogP contribution in [0.2, 0.25) is 5.02 Å². The maximum absolute atomic E-state index is 12.3. The average Bonchev–Trinajstić information content (AvgIpc) is 2.64. The lowest BCUT2D eigenvalue weighted by atomic mass is 10.1. The predicted molar refractivity (Wildman–Crippen MR) is 105 cm³/mol. The Morgan fingerprint density at radius 2 is 1.85 bits per heavy atom. The molecule has 0 aliphatic carbocycles. The van der Waals surface area contributed by atoms with Gasteiger partial charge < -0.3 is 19.7 Å². The van der Waals surface area contributed by atoms with Crippen molar-refractivity contribution in [1.82, 2.24) is 0 Å². The Bertz CT molecular complexity index is 793. The molecule has 7 heteroatoms. The lowest BCUT2D eigenvalue weighted by Gasteiger charge is -2.15. The molecule has 0 radical (unpaired) electrons. The molecule has 0 bridgehead atoms. The first-order valence-corrected chi connectivity index (χ1v) is 8.95. The van der Waals surface area contributed by atoms with Crippen molar-refractivity contribution in [1.29, 1.82) is 0 Å².